The van der Waals surface area contributed by atoms with E-state index in [2.05, 4.69) is 9.97 Å². The van der Waals surface area contributed by atoms with Crippen molar-refractivity contribution in [1.29, 1.82) is 0 Å². The molecule has 4 nitrogen and oxygen atoms in total. The summed E-state index contributed by atoms with van der Waals surface area (Å²) in [7, 11) is 0. The molecule has 0 aliphatic heterocycles. The smallest absolute Gasteiger partial charge is 0.267 e. The lowest BCUT2D eigenvalue weighted by Crippen LogP contribution is -2.29. The standard InChI is InChI=1S/C12H13ClF2N2.C12H12ClFN2/c1-8(2)12(14,15)7-17-6-4-9-10(17)3-5-16-11(9)13;1-8(2)10(14)7-16-6-4-9-11(16)3-5-15-12(9)13/h3-6,8H,7H2,1-2H3;3-6H,7H2,1-2H3. The highest BCUT2D eigenvalue weighted by atomic mass is 35.5. The second-order valence-electron chi connectivity index (χ2n) is 8.28. The molecule has 4 heterocycles. The van der Waals surface area contributed by atoms with E-state index in [-0.39, 0.29) is 18.9 Å². The summed E-state index contributed by atoms with van der Waals surface area (Å²) in [6, 6.07) is 7.08. The zero-order chi connectivity index (χ0) is 24.3. The van der Waals surface area contributed by atoms with Crippen molar-refractivity contribution in [1.82, 2.24) is 19.1 Å². The molecule has 0 aliphatic carbocycles. The predicted molar refractivity (Wildman–Crippen MR) is 129 cm³/mol. The van der Waals surface area contributed by atoms with E-state index in [1.807, 2.05) is 22.9 Å². The Labute approximate surface area is 200 Å². The lowest BCUT2D eigenvalue weighted by atomic mass is 10.1. The van der Waals surface area contributed by atoms with E-state index >= 15 is 0 Å². The van der Waals surface area contributed by atoms with Crippen molar-refractivity contribution in [3.63, 3.8) is 0 Å². The molecular weight excluding hydrogens is 472 g/mol. The summed E-state index contributed by atoms with van der Waals surface area (Å²) < 4.78 is 44.2. The Balaban J connectivity index is 0.000000186. The van der Waals surface area contributed by atoms with Crippen LogP contribution in [0.1, 0.15) is 27.7 Å². The largest absolute Gasteiger partial charge is 0.341 e. The quantitative estimate of drug-likeness (QED) is 0.263. The highest BCUT2D eigenvalue weighted by Gasteiger charge is 2.34. The molecule has 0 unspecified atom stereocenters. The maximum Gasteiger partial charge on any atom is 0.267 e. The van der Waals surface area contributed by atoms with Gasteiger partial charge < -0.3 is 9.13 Å². The molecule has 0 bridgehead atoms. The Kier molecular flexibility index (Phi) is 7.75. The van der Waals surface area contributed by atoms with Crippen molar-refractivity contribution >= 4 is 45.0 Å². The average molecular weight is 497 g/mol. The fourth-order valence-corrected chi connectivity index (χ4v) is 3.60. The van der Waals surface area contributed by atoms with Gasteiger partial charge in [-0.2, -0.15) is 0 Å². The summed E-state index contributed by atoms with van der Waals surface area (Å²) in [4.78, 5) is 7.90. The topological polar surface area (TPSA) is 35.6 Å². The number of fused-ring (bicyclic) bond motifs is 2. The van der Waals surface area contributed by atoms with Crippen LogP contribution in [0.2, 0.25) is 10.3 Å². The number of alkyl halides is 2. The van der Waals surface area contributed by atoms with Crippen molar-refractivity contribution in [2.24, 2.45) is 5.92 Å². The molecule has 0 saturated heterocycles. The molecule has 0 aliphatic rings. The second-order valence-corrected chi connectivity index (χ2v) is 8.99. The highest BCUT2D eigenvalue weighted by molar-refractivity contribution is 6.34. The fourth-order valence-electron chi connectivity index (χ4n) is 3.17. The van der Waals surface area contributed by atoms with E-state index in [0.29, 0.717) is 26.8 Å². The molecule has 0 fully saturated rings. The van der Waals surface area contributed by atoms with Crippen LogP contribution in [-0.4, -0.2) is 25.0 Å². The van der Waals surface area contributed by atoms with Gasteiger partial charge in [-0.1, -0.05) is 37.0 Å². The van der Waals surface area contributed by atoms with Crippen LogP contribution >= 0.6 is 23.2 Å². The first-order valence-corrected chi connectivity index (χ1v) is 11.1. The van der Waals surface area contributed by atoms with Crippen LogP contribution < -0.4 is 0 Å². The first-order chi connectivity index (χ1) is 15.5. The molecule has 0 aromatic carbocycles. The number of hydrogen-bond acceptors (Lipinski definition) is 2. The molecule has 0 spiro atoms. The van der Waals surface area contributed by atoms with Gasteiger partial charge in [-0.25, -0.2) is 23.1 Å². The fraction of sp³-hybridized carbons (Fsp3) is 0.333. The van der Waals surface area contributed by atoms with E-state index in [9.17, 15) is 13.2 Å². The second kappa shape index (κ2) is 10.2. The zero-order valence-electron chi connectivity index (χ0n) is 18.8. The molecule has 4 rings (SSSR count). The van der Waals surface area contributed by atoms with Crippen LogP contribution in [0, 0.1) is 5.92 Å². The van der Waals surface area contributed by atoms with Crippen molar-refractivity contribution in [2.75, 3.05) is 0 Å². The third-order valence-electron chi connectivity index (χ3n) is 5.38. The maximum atomic E-state index is 13.7. The lowest BCUT2D eigenvalue weighted by Gasteiger charge is -2.21. The molecule has 0 saturated carbocycles. The first kappa shape index (κ1) is 25.1. The predicted octanol–water partition coefficient (Wildman–Crippen LogP) is 7.93. The molecule has 0 amide bonds. The minimum Gasteiger partial charge on any atom is -0.341 e. The summed E-state index contributed by atoms with van der Waals surface area (Å²) in [6.45, 7) is 6.45. The Morgan fingerprint density at radius 2 is 1.39 bits per heavy atom. The number of pyridine rings is 2. The van der Waals surface area contributed by atoms with E-state index in [4.69, 9.17) is 23.2 Å². The highest BCUT2D eigenvalue weighted by Crippen LogP contribution is 2.29. The van der Waals surface area contributed by atoms with Crippen LogP contribution in [0.4, 0.5) is 13.2 Å². The van der Waals surface area contributed by atoms with E-state index in [1.54, 1.807) is 38.4 Å². The summed E-state index contributed by atoms with van der Waals surface area (Å²) in [6.07, 6.45) is 6.59. The minimum absolute atomic E-state index is 0.120. The van der Waals surface area contributed by atoms with Crippen LogP contribution in [0.15, 0.2) is 60.5 Å². The number of aromatic nitrogens is 4. The summed E-state index contributed by atoms with van der Waals surface area (Å²) in [5.74, 6) is -3.55. The zero-order valence-corrected chi connectivity index (χ0v) is 20.3. The SMILES string of the molecule is CC(C)=C(F)Cn1ccc2c(Cl)nccc21.CC(C)C(F)(F)Cn1ccc2c(Cl)nccc21. The number of nitrogens with zero attached hydrogens (tertiary/aromatic N) is 4. The Morgan fingerprint density at radius 1 is 0.909 bits per heavy atom. The van der Waals surface area contributed by atoms with Gasteiger partial charge in [-0.3, -0.25) is 0 Å². The molecular formula is C24H25Cl2F3N4. The number of rotatable bonds is 5. The Morgan fingerprint density at radius 3 is 1.88 bits per heavy atom. The Bertz CT molecular complexity index is 1290. The first-order valence-electron chi connectivity index (χ1n) is 10.4. The van der Waals surface area contributed by atoms with E-state index in [1.165, 1.54) is 24.6 Å². The molecule has 0 N–H and O–H groups in total. The molecule has 0 atom stereocenters. The van der Waals surface area contributed by atoms with Gasteiger partial charge in [0, 0.05) is 41.5 Å². The van der Waals surface area contributed by atoms with Gasteiger partial charge in [-0.15, -0.1) is 0 Å². The van der Waals surface area contributed by atoms with Gasteiger partial charge in [0.25, 0.3) is 5.92 Å². The third-order valence-corrected chi connectivity index (χ3v) is 5.98. The van der Waals surface area contributed by atoms with Gasteiger partial charge in [0.1, 0.15) is 16.1 Å². The lowest BCUT2D eigenvalue weighted by molar-refractivity contribution is -0.0587. The normalized spacial score (nSPS) is 11.7. The van der Waals surface area contributed by atoms with Gasteiger partial charge in [0.05, 0.1) is 24.1 Å². The van der Waals surface area contributed by atoms with Crippen LogP contribution in [0.25, 0.3) is 21.8 Å². The van der Waals surface area contributed by atoms with Crippen molar-refractivity contribution < 1.29 is 13.2 Å². The molecule has 176 valence electrons. The van der Waals surface area contributed by atoms with Gasteiger partial charge in [-0.05, 0) is 43.7 Å². The summed E-state index contributed by atoms with van der Waals surface area (Å²) in [5.41, 5.74) is 2.28. The third kappa shape index (κ3) is 5.71. The number of hydrogen-bond donors (Lipinski definition) is 0. The number of halogens is 5. The van der Waals surface area contributed by atoms with Gasteiger partial charge in [0.15, 0.2) is 0 Å². The molecule has 0 radical (unpaired) electrons. The van der Waals surface area contributed by atoms with Crippen LogP contribution in [0.5, 0.6) is 0 Å². The summed E-state index contributed by atoms with van der Waals surface area (Å²) in [5, 5.41) is 2.35. The Hall–Kier alpha value is -2.51. The number of allylic oxidation sites excluding steroid dienone is 2. The van der Waals surface area contributed by atoms with E-state index < -0.39 is 11.8 Å². The maximum absolute atomic E-state index is 13.7. The van der Waals surface area contributed by atoms with E-state index in [0.717, 1.165) is 10.9 Å². The summed E-state index contributed by atoms with van der Waals surface area (Å²) >= 11 is 11.8. The molecule has 9 heteroatoms. The average Bonchev–Trinajstić information content (AvgIpc) is 3.34. The minimum atomic E-state index is -2.73. The van der Waals surface area contributed by atoms with Crippen molar-refractivity contribution in [3.8, 4) is 0 Å². The van der Waals surface area contributed by atoms with Crippen LogP contribution in [-0.2, 0) is 13.1 Å². The van der Waals surface area contributed by atoms with Crippen molar-refractivity contribution in [3.05, 3.63) is 70.8 Å². The monoisotopic (exact) mass is 496 g/mol. The van der Waals surface area contributed by atoms with Gasteiger partial charge in [0.2, 0.25) is 0 Å². The molecule has 4 aromatic heterocycles. The molecule has 4 aromatic rings. The van der Waals surface area contributed by atoms with Crippen LogP contribution in [0.3, 0.4) is 0 Å². The van der Waals surface area contributed by atoms with Crippen molar-refractivity contribution in [2.45, 2.75) is 46.7 Å². The molecule has 33 heavy (non-hydrogen) atoms. The van der Waals surface area contributed by atoms with Gasteiger partial charge >= 0.3 is 0 Å².